The van der Waals surface area contributed by atoms with Gasteiger partial charge in [-0.05, 0) is 47.7 Å². The van der Waals surface area contributed by atoms with Gasteiger partial charge in [-0.3, -0.25) is 4.90 Å². The second-order valence-electron chi connectivity index (χ2n) is 7.64. The first kappa shape index (κ1) is 21.1. The summed E-state index contributed by atoms with van der Waals surface area (Å²) >= 11 is 0.713. The Labute approximate surface area is 177 Å². The Kier molecular flexibility index (Phi) is 5.97. The molecule has 8 heteroatoms. The molecule has 1 N–H and O–H groups in total. The summed E-state index contributed by atoms with van der Waals surface area (Å²) in [5.74, 6) is -1.35. The van der Waals surface area contributed by atoms with Crippen LogP contribution in [0.5, 0.6) is 0 Å². The molecule has 0 bridgehead atoms. The molecule has 1 saturated heterocycles. The zero-order valence-corrected chi connectivity index (χ0v) is 17.4. The van der Waals surface area contributed by atoms with Gasteiger partial charge in [-0.25, -0.2) is 4.39 Å². The van der Waals surface area contributed by atoms with Gasteiger partial charge in [-0.2, -0.15) is 13.2 Å². The Balaban J connectivity index is 1.40. The second kappa shape index (κ2) is 8.51. The maximum Gasteiger partial charge on any atom is 0.398 e. The summed E-state index contributed by atoms with van der Waals surface area (Å²) in [4.78, 5) is 7.94. The van der Waals surface area contributed by atoms with Crippen LogP contribution in [0.1, 0.15) is 11.1 Å². The van der Waals surface area contributed by atoms with Crippen LogP contribution in [-0.4, -0.2) is 48.0 Å². The molecule has 0 aliphatic carbocycles. The van der Waals surface area contributed by atoms with Crippen LogP contribution in [-0.2, 0) is 6.54 Å². The van der Waals surface area contributed by atoms with Crippen molar-refractivity contribution in [2.24, 2.45) is 0 Å². The summed E-state index contributed by atoms with van der Waals surface area (Å²) in [6.07, 6.45) is -2.33. The molecule has 160 valence electrons. The van der Waals surface area contributed by atoms with Gasteiger partial charge in [0.25, 0.3) is 0 Å². The minimum atomic E-state index is -4.25. The average molecular weight is 438 g/mol. The molecule has 1 fully saturated rings. The number of halogens is 4. The number of aryl methyl sites for hydroxylation is 1. The van der Waals surface area contributed by atoms with Crippen molar-refractivity contribution in [2.75, 3.05) is 36.8 Å². The Morgan fingerprint density at radius 1 is 1.03 bits per heavy atom. The predicted molar refractivity (Wildman–Crippen MR) is 114 cm³/mol. The molecule has 1 aliphatic rings. The van der Waals surface area contributed by atoms with Crippen molar-refractivity contribution in [1.82, 2.24) is 9.88 Å². The van der Waals surface area contributed by atoms with E-state index < -0.39 is 11.9 Å². The van der Waals surface area contributed by atoms with E-state index in [1.807, 2.05) is 17.2 Å². The number of H-pyrrole nitrogens is 1. The number of thioether (sulfide) groups is 1. The Morgan fingerprint density at radius 3 is 2.53 bits per heavy atom. The molecule has 30 heavy (non-hydrogen) atoms. The number of fused-ring (bicyclic) bond motifs is 1. The minimum Gasteiger partial charge on any atom is -0.367 e. The summed E-state index contributed by atoms with van der Waals surface area (Å²) in [5.41, 5.74) is 3.24. The molecule has 0 unspecified atom stereocenters. The molecular formula is C22H23F4N3S. The van der Waals surface area contributed by atoms with Crippen LogP contribution in [0.25, 0.3) is 10.9 Å². The van der Waals surface area contributed by atoms with Crippen LogP contribution in [0.4, 0.5) is 23.2 Å². The van der Waals surface area contributed by atoms with Crippen LogP contribution in [0.3, 0.4) is 0 Å². The number of nitrogens with one attached hydrogen (secondary N) is 1. The fourth-order valence-corrected chi connectivity index (χ4v) is 4.60. The molecule has 0 amide bonds. The van der Waals surface area contributed by atoms with Crippen LogP contribution in [0.15, 0.2) is 47.5 Å². The van der Waals surface area contributed by atoms with E-state index in [1.165, 1.54) is 17.0 Å². The monoisotopic (exact) mass is 437 g/mol. The molecule has 3 nitrogen and oxygen atoms in total. The number of benzene rings is 2. The minimum absolute atomic E-state index is 0.380. The van der Waals surface area contributed by atoms with Gasteiger partial charge in [0.05, 0.1) is 11.4 Å². The highest BCUT2D eigenvalue weighted by atomic mass is 32.2. The quantitative estimate of drug-likeness (QED) is 0.415. The largest absolute Gasteiger partial charge is 0.398 e. The summed E-state index contributed by atoms with van der Waals surface area (Å²) in [7, 11) is 0. The molecular weight excluding hydrogens is 414 g/mol. The lowest BCUT2D eigenvalue weighted by molar-refractivity contribution is -0.105. The molecule has 1 aliphatic heterocycles. The number of piperazine rings is 1. The molecule has 0 spiro atoms. The normalized spacial score (nSPS) is 15.8. The summed E-state index contributed by atoms with van der Waals surface area (Å²) in [5, 5.41) is 1.18. The van der Waals surface area contributed by atoms with Crippen LogP contribution >= 0.6 is 11.8 Å². The number of aromatic amines is 1. The van der Waals surface area contributed by atoms with Crippen molar-refractivity contribution >= 4 is 28.4 Å². The van der Waals surface area contributed by atoms with Crippen molar-refractivity contribution in [1.29, 1.82) is 0 Å². The van der Waals surface area contributed by atoms with Crippen molar-refractivity contribution in [3.63, 3.8) is 0 Å². The van der Waals surface area contributed by atoms with Crippen molar-refractivity contribution < 1.29 is 17.6 Å². The van der Waals surface area contributed by atoms with E-state index in [1.54, 1.807) is 13.0 Å². The molecule has 1 aromatic heterocycles. The smallest absolute Gasteiger partial charge is 0.367 e. The fourth-order valence-electron chi connectivity index (χ4n) is 3.80. The van der Waals surface area contributed by atoms with E-state index in [9.17, 15) is 17.6 Å². The number of hydrogen-bond donors (Lipinski definition) is 1. The molecule has 3 aromatic rings. The van der Waals surface area contributed by atoms with E-state index in [0.717, 1.165) is 25.2 Å². The third-order valence-corrected chi connectivity index (χ3v) is 6.60. The average Bonchev–Trinajstić information content (AvgIpc) is 3.15. The number of anilines is 1. The highest BCUT2D eigenvalue weighted by molar-refractivity contribution is 7.99. The second-order valence-corrected chi connectivity index (χ2v) is 8.65. The molecule has 4 rings (SSSR count). The van der Waals surface area contributed by atoms with Gasteiger partial charge in [-0.1, -0.05) is 12.1 Å². The lowest BCUT2D eigenvalue weighted by Crippen LogP contribution is -2.46. The van der Waals surface area contributed by atoms with Gasteiger partial charge >= 0.3 is 6.18 Å². The van der Waals surface area contributed by atoms with E-state index in [-0.39, 0.29) is 5.82 Å². The molecule has 0 atom stereocenters. The SMILES string of the molecule is Cc1cc(F)c(N2CCN(Cc3ccc4cc[nH]c4c3)CC2)cc1SCC(F)(F)F. The molecule has 0 radical (unpaired) electrons. The maximum atomic E-state index is 14.6. The predicted octanol–water partition coefficient (Wildman–Crippen LogP) is 5.59. The van der Waals surface area contributed by atoms with Gasteiger partial charge < -0.3 is 9.88 Å². The van der Waals surface area contributed by atoms with Crippen LogP contribution in [0.2, 0.25) is 0 Å². The maximum absolute atomic E-state index is 14.6. The van der Waals surface area contributed by atoms with E-state index in [0.29, 0.717) is 41.0 Å². The zero-order valence-electron chi connectivity index (χ0n) is 16.6. The highest BCUT2D eigenvalue weighted by Crippen LogP contribution is 2.34. The molecule has 0 saturated carbocycles. The Hall–Kier alpha value is -2.19. The Morgan fingerprint density at radius 2 is 1.80 bits per heavy atom. The van der Waals surface area contributed by atoms with Gasteiger partial charge in [0.15, 0.2) is 0 Å². The van der Waals surface area contributed by atoms with Crippen LogP contribution < -0.4 is 4.90 Å². The van der Waals surface area contributed by atoms with Crippen molar-refractivity contribution in [3.8, 4) is 0 Å². The van der Waals surface area contributed by atoms with E-state index >= 15 is 0 Å². The van der Waals surface area contributed by atoms with Gasteiger partial charge in [0.1, 0.15) is 5.82 Å². The molecule has 2 heterocycles. The third kappa shape index (κ3) is 4.92. The highest BCUT2D eigenvalue weighted by Gasteiger charge is 2.28. The number of rotatable bonds is 5. The standard InChI is InChI=1S/C22H23F4N3S/c1-15-10-18(23)20(12-21(15)30-14-22(24,25)26)29-8-6-28(7-9-29)13-16-2-3-17-4-5-27-19(17)11-16/h2-5,10-12,27H,6-9,13-14H2,1H3. The van der Waals surface area contributed by atoms with Crippen molar-refractivity contribution in [3.05, 3.63) is 59.5 Å². The number of alkyl halides is 3. The van der Waals surface area contributed by atoms with E-state index in [2.05, 4.69) is 28.1 Å². The van der Waals surface area contributed by atoms with Gasteiger partial charge in [-0.15, -0.1) is 11.8 Å². The summed E-state index contributed by atoms with van der Waals surface area (Å²) < 4.78 is 52.3. The van der Waals surface area contributed by atoms with Gasteiger partial charge in [0, 0.05) is 49.3 Å². The number of hydrogen-bond acceptors (Lipinski definition) is 3. The Bertz CT molecular complexity index is 1020. The topological polar surface area (TPSA) is 22.3 Å². The molecule has 2 aromatic carbocycles. The summed E-state index contributed by atoms with van der Waals surface area (Å²) in [6.45, 7) is 5.25. The third-order valence-electron chi connectivity index (χ3n) is 5.37. The first-order chi connectivity index (χ1) is 14.3. The lowest BCUT2D eigenvalue weighted by Gasteiger charge is -2.36. The van der Waals surface area contributed by atoms with Crippen molar-refractivity contribution in [2.45, 2.75) is 24.5 Å². The van der Waals surface area contributed by atoms with Gasteiger partial charge in [0.2, 0.25) is 0 Å². The first-order valence-corrected chi connectivity index (χ1v) is 10.8. The lowest BCUT2D eigenvalue weighted by atomic mass is 10.1. The number of nitrogens with zero attached hydrogens (tertiary/aromatic N) is 2. The fraction of sp³-hybridized carbons (Fsp3) is 0.364. The number of aromatic nitrogens is 1. The zero-order chi connectivity index (χ0) is 21.3. The van der Waals surface area contributed by atoms with E-state index in [4.69, 9.17) is 0 Å². The summed E-state index contributed by atoms with van der Waals surface area (Å²) in [6, 6.07) is 11.3. The first-order valence-electron chi connectivity index (χ1n) is 9.81. The van der Waals surface area contributed by atoms with Crippen LogP contribution in [0, 0.1) is 12.7 Å².